The Labute approximate surface area is 311 Å². The normalized spacial score (nSPS) is 22.0. The summed E-state index contributed by atoms with van der Waals surface area (Å²) in [6.07, 6.45) is 6.76. The Morgan fingerprint density at radius 3 is 2.44 bits per heavy atom. The van der Waals surface area contributed by atoms with E-state index in [4.69, 9.17) is 5.73 Å². The van der Waals surface area contributed by atoms with Gasteiger partial charge in [-0.2, -0.15) is 0 Å². The topological polar surface area (TPSA) is 237 Å². The quantitative estimate of drug-likeness (QED) is 0.202. The Kier molecular flexibility index (Phi) is 10.9. The molecular formula is C36H45FN8O8S. The molecule has 290 valence electrons. The van der Waals surface area contributed by atoms with Crippen LogP contribution in [-0.2, 0) is 34.6 Å². The number of nitrogens with zero attached hydrogens (tertiary/aromatic N) is 5. The van der Waals surface area contributed by atoms with Gasteiger partial charge in [-0.25, -0.2) is 17.5 Å². The first kappa shape index (κ1) is 38.9. The van der Waals surface area contributed by atoms with Crippen molar-refractivity contribution < 1.29 is 41.9 Å². The van der Waals surface area contributed by atoms with Gasteiger partial charge in [0.05, 0.1) is 40.5 Å². The minimum Gasteiger partial charge on any atom is -0.384 e. The summed E-state index contributed by atoms with van der Waals surface area (Å²) in [5, 5.41) is 25.0. The lowest BCUT2D eigenvalue weighted by Crippen LogP contribution is -2.64. The molecule has 1 aromatic carbocycles. The second-order valence-electron chi connectivity index (χ2n) is 15.3. The smallest absolute Gasteiger partial charge is 0.287 e. The zero-order valence-electron chi connectivity index (χ0n) is 30.2. The number of hydrogen-bond acceptors (Lipinski definition) is 11. The molecule has 0 radical (unpaired) electrons. The third-order valence-electron chi connectivity index (χ3n) is 10.9. The Bertz CT molecular complexity index is 2060. The van der Waals surface area contributed by atoms with Gasteiger partial charge in [-0.1, -0.05) is 37.3 Å². The number of benzene rings is 1. The van der Waals surface area contributed by atoms with Gasteiger partial charge in [0.1, 0.15) is 29.0 Å². The molecule has 1 saturated carbocycles. The molecule has 6 rings (SSSR count). The molecule has 3 atom stereocenters. The number of fused-ring (bicyclic) bond motifs is 1. The fourth-order valence-electron chi connectivity index (χ4n) is 7.92. The summed E-state index contributed by atoms with van der Waals surface area (Å²) in [6, 6.07) is 2.46. The maximum Gasteiger partial charge on any atom is 0.287 e. The lowest BCUT2D eigenvalue weighted by Gasteiger charge is -2.37. The van der Waals surface area contributed by atoms with Gasteiger partial charge in [-0.3, -0.25) is 29.0 Å². The fraction of sp³-hybridized carbons (Fsp3) is 0.556. The molecule has 5 N–H and O–H groups in total. The molecule has 0 spiro atoms. The maximum atomic E-state index is 14.8. The summed E-state index contributed by atoms with van der Waals surface area (Å²) in [4.78, 5) is 73.8. The number of halogens is 1. The number of carbonyl (C=O) groups excluding carboxylic acids is 5. The number of sulfone groups is 1. The van der Waals surface area contributed by atoms with E-state index in [1.54, 1.807) is 6.07 Å². The van der Waals surface area contributed by atoms with Crippen molar-refractivity contribution in [1.29, 1.82) is 0 Å². The minimum atomic E-state index is -3.55. The van der Waals surface area contributed by atoms with Gasteiger partial charge in [0, 0.05) is 30.6 Å². The molecule has 3 aromatic rings. The van der Waals surface area contributed by atoms with Crippen molar-refractivity contribution in [3.63, 3.8) is 0 Å². The van der Waals surface area contributed by atoms with E-state index in [-0.39, 0.29) is 43.7 Å². The number of ketones is 1. The van der Waals surface area contributed by atoms with Crippen LogP contribution in [0.25, 0.3) is 10.9 Å². The molecule has 3 aliphatic rings. The first-order chi connectivity index (χ1) is 25.5. The van der Waals surface area contributed by atoms with Gasteiger partial charge in [-0.15, -0.1) is 5.10 Å². The largest absolute Gasteiger partial charge is 0.384 e. The molecule has 1 aliphatic carbocycles. The lowest BCUT2D eigenvalue weighted by atomic mass is 9.84. The summed E-state index contributed by atoms with van der Waals surface area (Å²) in [7, 11) is -3.55. The van der Waals surface area contributed by atoms with Crippen LogP contribution in [0.1, 0.15) is 93.7 Å². The van der Waals surface area contributed by atoms with Crippen LogP contribution < -0.4 is 16.4 Å². The Morgan fingerprint density at radius 2 is 1.78 bits per heavy atom. The van der Waals surface area contributed by atoms with E-state index in [1.165, 1.54) is 54.0 Å². The zero-order valence-corrected chi connectivity index (χ0v) is 31.0. The van der Waals surface area contributed by atoms with E-state index in [0.29, 0.717) is 16.6 Å². The van der Waals surface area contributed by atoms with Crippen LogP contribution in [0.4, 0.5) is 4.39 Å². The van der Waals surface area contributed by atoms with Crippen LogP contribution in [0.5, 0.6) is 0 Å². The summed E-state index contributed by atoms with van der Waals surface area (Å²) >= 11 is 0. The van der Waals surface area contributed by atoms with Crippen molar-refractivity contribution in [3.05, 3.63) is 53.7 Å². The molecular weight excluding hydrogens is 724 g/mol. The van der Waals surface area contributed by atoms with Gasteiger partial charge >= 0.3 is 0 Å². The summed E-state index contributed by atoms with van der Waals surface area (Å²) in [6.45, 7) is 2.97. The van der Waals surface area contributed by atoms with E-state index in [9.17, 15) is 41.9 Å². The highest BCUT2D eigenvalue weighted by Crippen LogP contribution is 2.35. The van der Waals surface area contributed by atoms with Crippen LogP contribution in [-0.4, -0.2) is 103 Å². The number of hydrogen-bond donors (Lipinski definition) is 4. The summed E-state index contributed by atoms with van der Waals surface area (Å²) in [5.41, 5.74) is 2.86. The van der Waals surface area contributed by atoms with Crippen molar-refractivity contribution in [2.45, 2.75) is 101 Å². The van der Waals surface area contributed by atoms with E-state index >= 15 is 0 Å². The number of amides is 4. The van der Waals surface area contributed by atoms with Crippen molar-refractivity contribution in [2.24, 2.45) is 11.7 Å². The Morgan fingerprint density at radius 1 is 1.07 bits per heavy atom. The van der Waals surface area contributed by atoms with E-state index < -0.39 is 85.8 Å². The number of primary amides is 1. The van der Waals surface area contributed by atoms with Crippen LogP contribution in [0.15, 0.2) is 36.7 Å². The lowest BCUT2D eigenvalue weighted by molar-refractivity contribution is -0.145. The molecule has 4 amide bonds. The number of aliphatic hydroxyl groups is 1. The Hall–Kier alpha value is -4.84. The number of aromatic nitrogens is 4. The van der Waals surface area contributed by atoms with Gasteiger partial charge in [-0.05, 0) is 57.2 Å². The van der Waals surface area contributed by atoms with Gasteiger partial charge in [0.2, 0.25) is 17.6 Å². The van der Waals surface area contributed by atoms with E-state index in [1.807, 2.05) is 0 Å². The molecule has 3 fully saturated rings. The van der Waals surface area contributed by atoms with Crippen molar-refractivity contribution >= 4 is 50.2 Å². The third kappa shape index (κ3) is 8.28. The Balaban J connectivity index is 1.34. The predicted molar refractivity (Wildman–Crippen MR) is 192 cm³/mol. The van der Waals surface area contributed by atoms with Crippen LogP contribution in [0, 0.1) is 11.7 Å². The van der Waals surface area contributed by atoms with Crippen molar-refractivity contribution in [2.75, 3.05) is 18.1 Å². The van der Waals surface area contributed by atoms with Crippen LogP contribution >= 0.6 is 0 Å². The molecule has 1 unspecified atom stereocenters. The second kappa shape index (κ2) is 15.1. The van der Waals surface area contributed by atoms with Gasteiger partial charge < -0.3 is 26.4 Å². The highest BCUT2D eigenvalue weighted by Gasteiger charge is 2.50. The first-order valence-electron chi connectivity index (χ1n) is 18.1. The standard InChI is InChI=1S/C36H45FN8O8S/c1-35(2,51)29-19-40-43-45(29)25-17-28(33(49)42-36(30(46)31(38)47)10-12-54(52,53)13-11-36)44(20-25)34(50)27(14-21-6-4-3-5-7-21)41-32(48)23-15-22-8-9-24(37)16-26(22)39-18-23/h8-9,15-16,18-19,21,25,27-28,51H,3-7,10-14,17,20H2,1-2H3,(H2,38,47)(H,41,48)(H,42,49)/t25-,27?,28-/m0/s1. The predicted octanol–water partition coefficient (Wildman–Crippen LogP) is 1.22. The molecule has 0 bridgehead atoms. The highest BCUT2D eigenvalue weighted by molar-refractivity contribution is 7.91. The molecule has 2 aliphatic heterocycles. The number of Topliss-reactive ketones (excluding diaryl/α,β-unsaturated/α-hetero) is 1. The first-order valence-corrected chi connectivity index (χ1v) is 19.9. The summed E-state index contributed by atoms with van der Waals surface area (Å²) < 4.78 is 39.9. The monoisotopic (exact) mass is 768 g/mol. The number of carbonyl (C=O) groups is 5. The fourth-order valence-corrected chi connectivity index (χ4v) is 9.45. The van der Waals surface area contributed by atoms with E-state index in [2.05, 4.69) is 25.9 Å². The molecule has 54 heavy (non-hydrogen) atoms. The number of rotatable bonds is 11. The average Bonchev–Trinajstić information content (AvgIpc) is 3.81. The molecule has 4 heterocycles. The number of pyridine rings is 1. The SMILES string of the molecule is CC(C)(O)c1cnnn1[C@H]1C[C@@H](C(=O)NC2(C(=O)C(N)=O)CCS(=O)(=O)CC2)N(C(=O)C(CC2CCCCC2)NC(=O)c2cnc3cc(F)ccc3c2)C1. The number of nitrogens with one attached hydrogen (secondary N) is 2. The van der Waals surface area contributed by atoms with Crippen LogP contribution in [0.2, 0.25) is 0 Å². The zero-order chi connectivity index (χ0) is 39.0. The second-order valence-corrected chi connectivity index (χ2v) is 17.6. The minimum absolute atomic E-state index is 0.0571. The third-order valence-corrected chi connectivity index (χ3v) is 12.6. The molecule has 18 heteroatoms. The molecule has 2 saturated heterocycles. The van der Waals surface area contributed by atoms with Crippen molar-refractivity contribution in [3.8, 4) is 0 Å². The van der Waals surface area contributed by atoms with Gasteiger partial charge in [0.15, 0.2) is 9.84 Å². The summed E-state index contributed by atoms with van der Waals surface area (Å²) in [5.74, 6) is -5.82. The van der Waals surface area contributed by atoms with Crippen molar-refractivity contribution in [1.82, 2.24) is 35.5 Å². The highest BCUT2D eigenvalue weighted by atomic mass is 32.2. The average molecular weight is 769 g/mol. The van der Waals surface area contributed by atoms with E-state index in [0.717, 1.165) is 32.1 Å². The van der Waals surface area contributed by atoms with Gasteiger partial charge in [0.25, 0.3) is 11.8 Å². The molecule has 16 nitrogen and oxygen atoms in total. The number of likely N-dealkylation sites (tertiary alicyclic amines) is 1. The molecule has 2 aromatic heterocycles. The maximum absolute atomic E-state index is 14.8. The number of nitrogens with two attached hydrogens (primary N) is 1. The van der Waals surface area contributed by atoms with Crippen LogP contribution in [0.3, 0.4) is 0 Å².